The van der Waals surface area contributed by atoms with Gasteiger partial charge in [-0.15, -0.1) is 11.3 Å². The summed E-state index contributed by atoms with van der Waals surface area (Å²) < 4.78 is 2.87. The van der Waals surface area contributed by atoms with Gasteiger partial charge >= 0.3 is 5.69 Å². The van der Waals surface area contributed by atoms with E-state index in [-0.39, 0.29) is 31.3 Å². The zero-order valence-electron chi connectivity index (χ0n) is 19.5. The van der Waals surface area contributed by atoms with Crippen molar-refractivity contribution in [1.82, 2.24) is 19.4 Å². The summed E-state index contributed by atoms with van der Waals surface area (Å²) >= 11 is 1.24. The van der Waals surface area contributed by atoms with Gasteiger partial charge in [0.05, 0.1) is 5.52 Å². The monoisotopic (exact) mass is 482 g/mol. The average molecular weight is 483 g/mol. The molecule has 4 rings (SSSR count). The molecule has 0 spiro atoms. The Morgan fingerprint density at radius 2 is 1.74 bits per heavy atom. The van der Waals surface area contributed by atoms with Gasteiger partial charge in [-0.2, -0.15) is 0 Å². The molecule has 2 amide bonds. The van der Waals surface area contributed by atoms with Crippen molar-refractivity contribution in [3.05, 3.63) is 68.2 Å². The van der Waals surface area contributed by atoms with Crippen molar-refractivity contribution in [3.8, 4) is 0 Å². The highest BCUT2D eigenvalue weighted by molar-refractivity contribution is 7.17. The van der Waals surface area contributed by atoms with Crippen molar-refractivity contribution in [1.29, 1.82) is 0 Å². The van der Waals surface area contributed by atoms with E-state index in [4.69, 9.17) is 0 Å². The summed E-state index contributed by atoms with van der Waals surface area (Å²) in [6, 6.07) is 11.2. The van der Waals surface area contributed by atoms with Crippen molar-refractivity contribution in [2.24, 2.45) is 11.8 Å². The van der Waals surface area contributed by atoms with Crippen LogP contribution in [0.5, 0.6) is 0 Å². The lowest BCUT2D eigenvalue weighted by Crippen LogP contribution is -2.47. The summed E-state index contributed by atoms with van der Waals surface area (Å²) in [5, 5.41) is 4.56. The minimum atomic E-state index is -0.557. The number of likely N-dealkylation sites (tertiary alicyclic amines) is 1. The van der Waals surface area contributed by atoms with Gasteiger partial charge in [0, 0.05) is 32.6 Å². The number of nitrogens with one attached hydrogen (secondary N) is 1. The number of nitrogens with zero attached hydrogens (tertiary/aromatic N) is 3. The second-order valence-corrected chi connectivity index (χ2v) is 10.1. The Morgan fingerprint density at radius 3 is 2.44 bits per heavy atom. The molecule has 1 saturated heterocycles. The van der Waals surface area contributed by atoms with Crippen molar-refractivity contribution >= 4 is 33.4 Å². The zero-order valence-corrected chi connectivity index (χ0v) is 20.3. The van der Waals surface area contributed by atoms with Gasteiger partial charge in [-0.1, -0.05) is 44.2 Å². The molecule has 0 radical (unpaired) electrons. The first-order valence-corrected chi connectivity index (χ1v) is 12.5. The number of piperidine rings is 1. The Morgan fingerprint density at radius 1 is 1.03 bits per heavy atom. The SMILES string of the molecule is CC1CC(C)CN(C(=O)Cn2c(=O)n(CCC(=O)NCc3ccccc3)c(=O)c3sccc32)C1. The van der Waals surface area contributed by atoms with Gasteiger partial charge in [-0.25, -0.2) is 4.79 Å². The molecule has 34 heavy (non-hydrogen) atoms. The van der Waals surface area contributed by atoms with Crippen LogP contribution in [0.4, 0.5) is 0 Å². The van der Waals surface area contributed by atoms with Gasteiger partial charge in [0.15, 0.2) is 0 Å². The molecule has 3 aromatic rings. The van der Waals surface area contributed by atoms with Crippen LogP contribution in [0.1, 0.15) is 32.3 Å². The summed E-state index contributed by atoms with van der Waals surface area (Å²) in [5.41, 5.74) is 0.458. The van der Waals surface area contributed by atoms with E-state index in [1.807, 2.05) is 35.2 Å². The van der Waals surface area contributed by atoms with E-state index in [1.165, 1.54) is 15.9 Å². The number of carbonyl (C=O) groups excluding carboxylic acids is 2. The highest BCUT2D eigenvalue weighted by Gasteiger charge is 2.26. The largest absolute Gasteiger partial charge is 0.352 e. The van der Waals surface area contributed by atoms with Crippen molar-refractivity contribution in [3.63, 3.8) is 0 Å². The summed E-state index contributed by atoms with van der Waals surface area (Å²) in [7, 11) is 0. The molecule has 9 heteroatoms. The molecule has 1 aliphatic rings. The Labute approximate surface area is 201 Å². The molecule has 3 heterocycles. The predicted octanol–water partition coefficient (Wildman–Crippen LogP) is 2.44. The van der Waals surface area contributed by atoms with Gasteiger partial charge in [0.25, 0.3) is 5.56 Å². The van der Waals surface area contributed by atoms with E-state index in [1.54, 1.807) is 11.4 Å². The minimum absolute atomic E-state index is 0.00599. The first-order valence-electron chi connectivity index (χ1n) is 11.6. The van der Waals surface area contributed by atoms with E-state index in [0.717, 1.165) is 16.6 Å². The minimum Gasteiger partial charge on any atom is -0.352 e. The number of hydrogen-bond donors (Lipinski definition) is 1. The molecular weight excluding hydrogens is 452 g/mol. The standard InChI is InChI=1S/C25H30N4O4S/c1-17-12-18(2)15-27(14-17)22(31)16-29-20-9-11-34-23(20)24(32)28(25(29)33)10-8-21(30)26-13-19-6-4-3-5-7-19/h3-7,9,11,17-18H,8,10,12-16H2,1-2H3,(H,26,30). The van der Waals surface area contributed by atoms with Crippen LogP contribution in [0.15, 0.2) is 51.4 Å². The zero-order chi connectivity index (χ0) is 24.2. The summed E-state index contributed by atoms with van der Waals surface area (Å²) in [4.78, 5) is 53.5. The molecule has 1 fully saturated rings. The molecule has 2 atom stereocenters. The Hall–Kier alpha value is -3.20. The quantitative estimate of drug-likeness (QED) is 0.560. The number of benzene rings is 1. The Bertz CT molecular complexity index is 1280. The lowest BCUT2D eigenvalue weighted by atomic mass is 9.92. The number of carbonyl (C=O) groups is 2. The van der Waals surface area contributed by atoms with Crippen LogP contribution in [0.25, 0.3) is 10.2 Å². The Balaban J connectivity index is 1.52. The van der Waals surface area contributed by atoms with Crippen LogP contribution in [-0.4, -0.2) is 38.9 Å². The maximum atomic E-state index is 13.3. The van der Waals surface area contributed by atoms with Crippen molar-refractivity contribution in [2.75, 3.05) is 13.1 Å². The summed E-state index contributed by atoms with van der Waals surface area (Å²) in [6.07, 6.45) is 1.07. The van der Waals surface area contributed by atoms with Crippen LogP contribution >= 0.6 is 11.3 Å². The third kappa shape index (κ3) is 5.30. The van der Waals surface area contributed by atoms with Gasteiger partial charge in [0.1, 0.15) is 11.2 Å². The smallest absolute Gasteiger partial charge is 0.332 e. The Kier molecular flexibility index (Phi) is 7.31. The number of aromatic nitrogens is 2. The lowest BCUT2D eigenvalue weighted by Gasteiger charge is -2.35. The summed E-state index contributed by atoms with van der Waals surface area (Å²) in [5.74, 6) is 0.446. The molecule has 1 N–H and O–H groups in total. The predicted molar refractivity (Wildman–Crippen MR) is 133 cm³/mol. The van der Waals surface area contributed by atoms with Crippen LogP contribution in [0.2, 0.25) is 0 Å². The molecule has 8 nitrogen and oxygen atoms in total. The molecule has 1 aromatic carbocycles. The molecule has 0 saturated carbocycles. The number of fused-ring (bicyclic) bond motifs is 1. The number of thiophene rings is 1. The first-order chi connectivity index (χ1) is 16.3. The second-order valence-electron chi connectivity index (χ2n) is 9.22. The molecule has 0 bridgehead atoms. The van der Waals surface area contributed by atoms with E-state index in [0.29, 0.717) is 41.7 Å². The fourth-order valence-corrected chi connectivity index (χ4v) is 5.53. The lowest BCUT2D eigenvalue weighted by molar-refractivity contribution is -0.134. The fraction of sp³-hybridized carbons (Fsp3) is 0.440. The molecule has 2 aromatic heterocycles. The normalized spacial score (nSPS) is 18.2. The van der Waals surface area contributed by atoms with Crippen LogP contribution in [0, 0.1) is 11.8 Å². The van der Waals surface area contributed by atoms with Gasteiger partial charge < -0.3 is 10.2 Å². The molecule has 0 aliphatic carbocycles. The maximum absolute atomic E-state index is 13.3. The van der Waals surface area contributed by atoms with Crippen LogP contribution in [-0.2, 0) is 29.2 Å². The number of amides is 2. The molecular formula is C25H30N4O4S. The first kappa shape index (κ1) is 23.9. The van der Waals surface area contributed by atoms with E-state index in [9.17, 15) is 19.2 Å². The molecule has 2 unspecified atom stereocenters. The third-order valence-electron chi connectivity index (χ3n) is 6.25. The topological polar surface area (TPSA) is 93.4 Å². The van der Waals surface area contributed by atoms with E-state index in [2.05, 4.69) is 19.2 Å². The average Bonchev–Trinajstić information content (AvgIpc) is 3.30. The second kappa shape index (κ2) is 10.4. The van der Waals surface area contributed by atoms with Crippen molar-refractivity contribution < 1.29 is 9.59 Å². The van der Waals surface area contributed by atoms with E-state index >= 15 is 0 Å². The van der Waals surface area contributed by atoms with E-state index < -0.39 is 11.2 Å². The fourth-order valence-electron chi connectivity index (χ4n) is 4.68. The van der Waals surface area contributed by atoms with Crippen LogP contribution < -0.4 is 16.6 Å². The summed E-state index contributed by atoms with van der Waals surface area (Å²) in [6.45, 7) is 5.82. The maximum Gasteiger partial charge on any atom is 0.332 e. The van der Waals surface area contributed by atoms with Crippen LogP contribution in [0.3, 0.4) is 0 Å². The van der Waals surface area contributed by atoms with Gasteiger partial charge in [0.2, 0.25) is 11.8 Å². The molecule has 1 aliphatic heterocycles. The highest BCUT2D eigenvalue weighted by atomic mass is 32.1. The third-order valence-corrected chi connectivity index (χ3v) is 7.14. The van der Waals surface area contributed by atoms with Gasteiger partial charge in [-0.05, 0) is 35.3 Å². The van der Waals surface area contributed by atoms with Gasteiger partial charge in [-0.3, -0.25) is 23.5 Å². The number of rotatable bonds is 7. The highest BCUT2D eigenvalue weighted by Crippen LogP contribution is 2.22. The number of hydrogen-bond acceptors (Lipinski definition) is 5. The van der Waals surface area contributed by atoms with Crippen molar-refractivity contribution in [2.45, 2.75) is 46.3 Å². The molecule has 180 valence electrons.